The zero-order valence-electron chi connectivity index (χ0n) is 4.95. The van der Waals surface area contributed by atoms with Gasteiger partial charge in [0.15, 0.2) is 0 Å². The average Bonchev–Trinajstić information content (AvgIpc) is 1.89. The molecule has 0 unspecified atom stereocenters. The third-order valence-corrected chi connectivity index (χ3v) is 0.628. The van der Waals surface area contributed by atoms with Crippen LogP contribution in [-0.4, -0.2) is 17.7 Å². The highest BCUT2D eigenvalue weighted by molar-refractivity contribution is 5.48. The molecule has 0 radical (unpaired) electrons. The van der Waals surface area contributed by atoms with Gasteiger partial charge in [0.1, 0.15) is 5.94 Å². The van der Waals surface area contributed by atoms with E-state index < -0.39 is 0 Å². The molecule has 0 saturated heterocycles. The van der Waals surface area contributed by atoms with Gasteiger partial charge in [0.25, 0.3) is 0 Å². The van der Waals surface area contributed by atoms with E-state index in [4.69, 9.17) is 5.11 Å². The number of aliphatic hydroxyl groups excluding tert-OH is 1. The fraction of sp³-hybridized carbons (Fsp3) is 0.143. The molecule has 1 N–H and O–H groups in total. The highest BCUT2D eigenvalue weighted by Gasteiger charge is 1.61. The second-order valence-electron chi connectivity index (χ2n) is 1.28. The van der Waals surface area contributed by atoms with Crippen LogP contribution in [-0.2, 0) is 4.79 Å². The van der Waals surface area contributed by atoms with Crippen molar-refractivity contribution in [2.45, 2.75) is 0 Å². The standard InChI is InChI=1S/C7H8O2/c8-6-4-2-1-3-5-7-9/h1-5,8H,6H2/b3-1+,4-2+. The quantitative estimate of drug-likeness (QED) is 0.439. The van der Waals surface area contributed by atoms with E-state index in [9.17, 15) is 4.79 Å². The first kappa shape index (κ1) is 7.89. The largest absolute Gasteiger partial charge is 0.392 e. The second-order valence-corrected chi connectivity index (χ2v) is 1.28. The summed E-state index contributed by atoms with van der Waals surface area (Å²) in [5.41, 5.74) is 0. The van der Waals surface area contributed by atoms with E-state index in [1.807, 2.05) is 0 Å². The first-order valence-corrected chi connectivity index (χ1v) is 2.55. The molecule has 0 spiro atoms. The number of rotatable bonds is 3. The van der Waals surface area contributed by atoms with Crippen LogP contribution in [0.15, 0.2) is 30.4 Å². The predicted molar refractivity (Wildman–Crippen MR) is 35.6 cm³/mol. The van der Waals surface area contributed by atoms with Crippen LogP contribution in [0.2, 0.25) is 0 Å². The summed E-state index contributed by atoms with van der Waals surface area (Å²) in [7, 11) is 0. The minimum atomic E-state index is 0.0230. The van der Waals surface area contributed by atoms with E-state index >= 15 is 0 Å². The number of aliphatic hydroxyl groups is 1. The van der Waals surface area contributed by atoms with E-state index in [0.717, 1.165) is 0 Å². The van der Waals surface area contributed by atoms with Crippen molar-refractivity contribution in [3.63, 3.8) is 0 Å². The summed E-state index contributed by atoms with van der Waals surface area (Å²) < 4.78 is 0. The van der Waals surface area contributed by atoms with Gasteiger partial charge in [0, 0.05) is 6.08 Å². The fourth-order valence-corrected chi connectivity index (χ4v) is 0.298. The van der Waals surface area contributed by atoms with Crippen molar-refractivity contribution in [1.82, 2.24) is 0 Å². The molecular formula is C7H8O2. The van der Waals surface area contributed by atoms with Crippen LogP contribution in [0, 0.1) is 0 Å². The Hall–Kier alpha value is -1.11. The molecule has 9 heavy (non-hydrogen) atoms. The van der Waals surface area contributed by atoms with Gasteiger partial charge in [-0.3, -0.25) is 0 Å². The van der Waals surface area contributed by atoms with Crippen molar-refractivity contribution in [3.8, 4) is 0 Å². The summed E-state index contributed by atoms with van der Waals surface area (Å²) in [6.07, 6.45) is 7.64. The van der Waals surface area contributed by atoms with E-state index in [0.29, 0.717) is 0 Å². The normalized spacial score (nSPS) is 10.3. The Morgan fingerprint density at radius 2 is 2.11 bits per heavy atom. The topological polar surface area (TPSA) is 37.3 Å². The predicted octanol–water partition coefficient (Wildman–Crippen LogP) is 0.479. The lowest BCUT2D eigenvalue weighted by Crippen LogP contribution is -1.66. The van der Waals surface area contributed by atoms with Crippen molar-refractivity contribution in [3.05, 3.63) is 30.4 Å². The Morgan fingerprint density at radius 1 is 1.33 bits per heavy atom. The van der Waals surface area contributed by atoms with Crippen LogP contribution in [0.5, 0.6) is 0 Å². The van der Waals surface area contributed by atoms with Gasteiger partial charge in [0.2, 0.25) is 0 Å². The molecule has 0 saturated carbocycles. The van der Waals surface area contributed by atoms with Crippen molar-refractivity contribution < 1.29 is 9.90 Å². The monoisotopic (exact) mass is 124 g/mol. The highest BCUT2D eigenvalue weighted by atomic mass is 16.2. The summed E-state index contributed by atoms with van der Waals surface area (Å²) in [4.78, 5) is 9.53. The third-order valence-electron chi connectivity index (χ3n) is 0.628. The van der Waals surface area contributed by atoms with Gasteiger partial charge in [-0.15, -0.1) is 0 Å². The molecule has 0 aromatic heterocycles. The van der Waals surface area contributed by atoms with Gasteiger partial charge in [-0.05, 0) is 0 Å². The molecular weight excluding hydrogens is 116 g/mol. The smallest absolute Gasteiger partial charge is 0.124 e. The molecule has 0 aromatic carbocycles. The zero-order valence-corrected chi connectivity index (χ0v) is 4.95. The van der Waals surface area contributed by atoms with Crippen molar-refractivity contribution in [1.29, 1.82) is 0 Å². The van der Waals surface area contributed by atoms with Crippen LogP contribution in [0.25, 0.3) is 0 Å². The minimum absolute atomic E-state index is 0.0230. The molecule has 0 amide bonds. The Kier molecular flexibility index (Phi) is 6.04. The van der Waals surface area contributed by atoms with Crippen LogP contribution in [0.4, 0.5) is 0 Å². The Labute approximate surface area is 53.8 Å². The average molecular weight is 124 g/mol. The third kappa shape index (κ3) is 6.89. The highest BCUT2D eigenvalue weighted by Crippen LogP contribution is 1.74. The summed E-state index contributed by atoms with van der Waals surface area (Å²) in [6.45, 7) is 0.0230. The maximum absolute atomic E-state index is 9.53. The molecule has 2 heteroatoms. The van der Waals surface area contributed by atoms with Crippen molar-refractivity contribution >= 4 is 5.94 Å². The molecule has 0 aliphatic carbocycles. The molecule has 2 nitrogen and oxygen atoms in total. The van der Waals surface area contributed by atoms with Gasteiger partial charge in [-0.1, -0.05) is 24.3 Å². The van der Waals surface area contributed by atoms with Crippen molar-refractivity contribution in [2.24, 2.45) is 0 Å². The van der Waals surface area contributed by atoms with Crippen LogP contribution < -0.4 is 0 Å². The van der Waals surface area contributed by atoms with E-state index in [1.165, 1.54) is 6.08 Å². The summed E-state index contributed by atoms with van der Waals surface area (Å²) in [5, 5.41) is 8.21. The first-order chi connectivity index (χ1) is 4.41. The molecule has 0 aromatic rings. The van der Waals surface area contributed by atoms with Gasteiger partial charge in [-0.2, -0.15) is 0 Å². The summed E-state index contributed by atoms with van der Waals surface area (Å²) >= 11 is 0. The Balaban J connectivity index is 3.46. The van der Waals surface area contributed by atoms with Crippen molar-refractivity contribution in [2.75, 3.05) is 6.61 Å². The summed E-state index contributed by atoms with van der Waals surface area (Å²) in [6, 6.07) is 0. The number of allylic oxidation sites excluding steroid dienone is 4. The van der Waals surface area contributed by atoms with E-state index in [1.54, 1.807) is 30.2 Å². The molecule has 0 aliphatic heterocycles. The maximum atomic E-state index is 9.53. The lowest BCUT2D eigenvalue weighted by Gasteiger charge is -1.71. The zero-order chi connectivity index (χ0) is 6.95. The Morgan fingerprint density at radius 3 is 2.67 bits per heavy atom. The second kappa shape index (κ2) is 6.89. The van der Waals surface area contributed by atoms with E-state index in [-0.39, 0.29) is 6.61 Å². The van der Waals surface area contributed by atoms with E-state index in [2.05, 4.69) is 0 Å². The van der Waals surface area contributed by atoms with Crippen LogP contribution in [0.1, 0.15) is 0 Å². The lowest BCUT2D eigenvalue weighted by atomic mass is 10.4. The first-order valence-electron chi connectivity index (χ1n) is 2.55. The maximum Gasteiger partial charge on any atom is 0.124 e. The minimum Gasteiger partial charge on any atom is -0.392 e. The molecule has 0 atom stereocenters. The molecule has 0 heterocycles. The Bertz CT molecular complexity index is 150. The van der Waals surface area contributed by atoms with Gasteiger partial charge in [-0.25, -0.2) is 4.79 Å². The number of carbonyl (C=O) groups excluding carboxylic acids is 1. The van der Waals surface area contributed by atoms with Gasteiger partial charge < -0.3 is 5.11 Å². The molecule has 0 bridgehead atoms. The fourth-order valence-electron chi connectivity index (χ4n) is 0.298. The molecule has 0 aliphatic rings. The van der Waals surface area contributed by atoms with Crippen LogP contribution >= 0.6 is 0 Å². The number of hydrogen-bond donors (Lipinski definition) is 1. The molecule has 0 fully saturated rings. The summed E-state index contributed by atoms with van der Waals surface area (Å²) in [5.74, 6) is 1.59. The molecule has 0 rings (SSSR count). The van der Waals surface area contributed by atoms with Gasteiger partial charge in [0.05, 0.1) is 6.61 Å². The van der Waals surface area contributed by atoms with Crippen LogP contribution in [0.3, 0.4) is 0 Å². The SMILES string of the molecule is O=C=C/C=C/C=C/CO. The lowest BCUT2D eigenvalue weighted by molar-refractivity contribution is 0.343. The van der Waals surface area contributed by atoms with Gasteiger partial charge >= 0.3 is 0 Å². The number of hydrogen-bond acceptors (Lipinski definition) is 2. The molecule has 48 valence electrons.